The summed E-state index contributed by atoms with van der Waals surface area (Å²) >= 11 is 0. The minimum atomic E-state index is 0.135. The highest BCUT2D eigenvalue weighted by molar-refractivity contribution is 5.85. The predicted molar refractivity (Wildman–Crippen MR) is 110 cm³/mol. The fourth-order valence-corrected chi connectivity index (χ4v) is 3.92. The van der Waals surface area contributed by atoms with Crippen LogP contribution < -0.4 is 10.6 Å². The number of rotatable bonds is 7. The van der Waals surface area contributed by atoms with Gasteiger partial charge in [-0.3, -0.25) is 9.69 Å². The number of guanidine groups is 1. The van der Waals surface area contributed by atoms with E-state index in [4.69, 9.17) is 0 Å². The maximum absolute atomic E-state index is 12.2. The van der Waals surface area contributed by atoms with Crippen LogP contribution >= 0.6 is 0 Å². The summed E-state index contributed by atoms with van der Waals surface area (Å²) < 4.78 is 0. The van der Waals surface area contributed by atoms with E-state index in [9.17, 15) is 4.79 Å². The molecule has 27 heavy (non-hydrogen) atoms. The Bertz CT molecular complexity index is 612. The Morgan fingerprint density at radius 1 is 1.11 bits per heavy atom. The lowest BCUT2D eigenvalue weighted by atomic mass is 10.2. The molecule has 6 nitrogen and oxygen atoms in total. The third-order valence-corrected chi connectivity index (χ3v) is 5.41. The highest BCUT2D eigenvalue weighted by atomic mass is 16.2. The van der Waals surface area contributed by atoms with Gasteiger partial charge in [0.05, 0.1) is 0 Å². The molecule has 0 spiro atoms. The quantitative estimate of drug-likeness (QED) is 0.567. The summed E-state index contributed by atoms with van der Waals surface area (Å²) in [5.41, 5.74) is 1.36. The zero-order valence-electron chi connectivity index (χ0n) is 16.5. The van der Waals surface area contributed by atoms with E-state index in [-0.39, 0.29) is 12.5 Å². The molecule has 2 aliphatic rings. The fraction of sp³-hybridized carbons (Fsp3) is 0.619. The number of aliphatic imine (C=N–C) groups is 1. The highest BCUT2D eigenvalue weighted by Crippen LogP contribution is 2.19. The van der Waals surface area contributed by atoms with Crippen molar-refractivity contribution in [1.82, 2.24) is 20.4 Å². The van der Waals surface area contributed by atoms with Crippen molar-refractivity contribution in [2.24, 2.45) is 4.99 Å². The van der Waals surface area contributed by atoms with Crippen LogP contribution in [0.4, 0.5) is 0 Å². The molecule has 0 bridgehead atoms. The number of nitrogens with zero attached hydrogens (tertiary/aromatic N) is 3. The Hall–Kier alpha value is -2.08. The molecular formula is C21H33N5O. The Morgan fingerprint density at radius 2 is 1.89 bits per heavy atom. The predicted octanol–water partition coefficient (Wildman–Crippen LogP) is 1.83. The van der Waals surface area contributed by atoms with Crippen LogP contribution in [0, 0.1) is 0 Å². The molecule has 0 radical (unpaired) electrons. The summed E-state index contributed by atoms with van der Waals surface area (Å²) in [6, 6.07) is 11.2. The number of benzene rings is 1. The van der Waals surface area contributed by atoms with Crippen molar-refractivity contribution in [2.45, 2.75) is 45.2 Å². The second kappa shape index (κ2) is 10.3. The SMILES string of the molecule is CCNC(=NCC(=O)N1CCCC1)NCC1CCCN1Cc1ccccc1. The summed E-state index contributed by atoms with van der Waals surface area (Å²) in [7, 11) is 0. The van der Waals surface area contributed by atoms with Crippen molar-refractivity contribution in [2.75, 3.05) is 39.3 Å². The first-order valence-corrected chi connectivity index (χ1v) is 10.3. The summed E-state index contributed by atoms with van der Waals surface area (Å²) in [5, 5.41) is 6.72. The molecule has 148 valence electrons. The minimum Gasteiger partial charge on any atom is -0.357 e. The van der Waals surface area contributed by atoms with Crippen LogP contribution in [0.2, 0.25) is 0 Å². The molecular weight excluding hydrogens is 338 g/mol. The monoisotopic (exact) mass is 371 g/mol. The summed E-state index contributed by atoms with van der Waals surface area (Å²) in [5.74, 6) is 0.882. The third-order valence-electron chi connectivity index (χ3n) is 5.41. The van der Waals surface area contributed by atoms with Crippen LogP contribution in [0.15, 0.2) is 35.3 Å². The molecule has 1 aromatic rings. The van der Waals surface area contributed by atoms with E-state index in [1.54, 1.807) is 0 Å². The molecule has 0 aromatic heterocycles. The van der Waals surface area contributed by atoms with Crippen molar-refractivity contribution in [3.63, 3.8) is 0 Å². The second-order valence-electron chi connectivity index (χ2n) is 7.42. The first-order chi connectivity index (χ1) is 13.3. The lowest BCUT2D eigenvalue weighted by Gasteiger charge is -2.25. The summed E-state index contributed by atoms with van der Waals surface area (Å²) in [6.45, 7) is 7.84. The van der Waals surface area contributed by atoms with Gasteiger partial charge in [0, 0.05) is 38.8 Å². The van der Waals surface area contributed by atoms with Gasteiger partial charge < -0.3 is 15.5 Å². The topological polar surface area (TPSA) is 60.0 Å². The van der Waals surface area contributed by atoms with Crippen LogP contribution in [0.1, 0.15) is 38.2 Å². The number of nitrogens with one attached hydrogen (secondary N) is 2. The first-order valence-electron chi connectivity index (χ1n) is 10.3. The largest absolute Gasteiger partial charge is 0.357 e. The van der Waals surface area contributed by atoms with Gasteiger partial charge in [0.1, 0.15) is 6.54 Å². The normalized spacial score (nSPS) is 20.9. The zero-order chi connectivity index (χ0) is 18.9. The standard InChI is InChI=1S/C21H33N5O/c1-2-22-21(24-16-20(27)25-12-6-7-13-25)23-15-19-11-8-14-26(19)17-18-9-4-3-5-10-18/h3-5,9-10,19H,2,6-8,11-17H2,1H3,(H2,22,23,24). The Balaban J connectivity index is 1.50. The van der Waals surface area contributed by atoms with Crippen molar-refractivity contribution in [3.8, 4) is 0 Å². The fourth-order valence-electron chi connectivity index (χ4n) is 3.92. The van der Waals surface area contributed by atoms with Crippen LogP contribution in [-0.2, 0) is 11.3 Å². The van der Waals surface area contributed by atoms with Crippen molar-refractivity contribution in [1.29, 1.82) is 0 Å². The van der Waals surface area contributed by atoms with Crippen LogP contribution in [0.3, 0.4) is 0 Å². The molecule has 1 amide bonds. The molecule has 2 aliphatic heterocycles. The van der Waals surface area contributed by atoms with E-state index in [1.165, 1.54) is 18.4 Å². The van der Waals surface area contributed by atoms with E-state index >= 15 is 0 Å². The summed E-state index contributed by atoms with van der Waals surface area (Å²) in [4.78, 5) is 21.2. The van der Waals surface area contributed by atoms with Gasteiger partial charge in [0.15, 0.2) is 5.96 Å². The van der Waals surface area contributed by atoms with Crippen LogP contribution in [0.25, 0.3) is 0 Å². The van der Waals surface area contributed by atoms with E-state index in [1.807, 2.05) is 4.90 Å². The Labute approximate surface area is 163 Å². The molecule has 6 heteroatoms. The average molecular weight is 372 g/mol. The number of likely N-dealkylation sites (tertiary alicyclic amines) is 2. The molecule has 2 fully saturated rings. The average Bonchev–Trinajstić information content (AvgIpc) is 3.37. The third kappa shape index (κ3) is 5.96. The molecule has 1 unspecified atom stereocenters. The lowest BCUT2D eigenvalue weighted by Crippen LogP contribution is -2.45. The van der Waals surface area contributed by atoms with Crippen LogP contribution in [-0.4, -0.2) is 67.0 Å². The molecule has 0 saturated carbocycles. The zero-order valence-corrected chi connectivity index (χ0v) is 16.5. The number of amides is 1. The van der Waals surface area contributed by atoms with Gasteiger partial charge in [-0.25, -0.2) is 4.99 Å². The molecule has 0 aliphatic carbocycles. The maximum Gasteiger partial charge on any atom is 0.244 e. The van der Waals surface area contributed by atoms with Gasteiger partial charge in [-0.1, -0.05) is 30.3 Å². The smallest absolute Gasteiger partial charge is 0.244 e. The van der Waals surface area contributed by atoms with E-state index in [2.05, 4.69) is 57.8 Å². The maximum atomic E-state index is 12.2. The molecule has 2 heterocycles. The van der Waals surface area contributed by atoms with Gasteiger partial charge >= 0.3 is 0 Å². The van der Waals surface area contributed by atoms with Gasteiger partial charge in [-0.15, -0.1) is 0 Å². The molecule has 2 N–H and O–H groups in total. The molecule has 2 saturated heterocycles. The molecule has 1 atom stereocenters. The van der Waals surface area contributed by atoms with Gasteiger partial charge in [0.2, 0.25) is 5.91 Å². The number of carbonyl (C=O) groups excluding carboxylic acids is 1. The van der Waals surface area contributed by atoms with Crippen molar-refractivity contribution < 1.29 is 4.79 Å². The van der Waals surface area contributed by atoms with Crippen LogP contribution in [0.5, 0.6) is 0 Å². The lowest BCUT2D eigenvalue weighted by molar-refractivity contribution is -0.128. The number of carbonyl (C=O) groups is 1. The Morgan fingerprint density at radius 3 is 2.63 bits per heavy atom. The van der Waals surface area contributed by atoms with E-state index in [0.717, 1.165) is 58.1 Å². The van der Waals surface area contributed by atoms with Crippen molar-refractivity contribution in [3.05, 3.63) is 35.9 Å². The summed E-state index contributed by atoms with van der Waals surface area (Å²) in [6.07, 6.45) is 4.67. The van der Waals surface area contributed by atoms with E-state index < -0.39 is 0 Å². The molecule has 3 rings (SSSR count). The highest BCUT2D eigenvalue weighted by Gasteiger charge is 2.24. The van der Waals surface area contributed by atoms with E-state index in [0.29, 0.717) is 6.04 Å². The minimum absolute atomic E-state index is 0.135. The number of hydrogen-bond acceptors (Lipinski definition) is 3. The van der Waals surface area contributed by atoms with Gasteiger partial charge in [-0.2, -0.15) is 0 Å². The first kappa shape index (κ1) is 19.7. The van der Waals surface area contributed by atoms with Crippen molar-refractivity contribution >= 4 is 11.9 Å². The Kier molecular flexibility index (Phi) is 7.51. The van der Waals surface area contributed by atoms with Gasteiger partial charge in [-0.05, 0) is 44.7 Å². The second-order valence-corrected chi connectivity index (χ2v) is 7.42. The number of hydrogen-bond donors (Lipinski definition) is 2. The van der Waals surface area contributed by atoms with Gasteiger partial charge in [0.25, 0.3) is 0 Å². The molecule has 1 aromatic carbocycles.